The minimum absolute atomic E-state index is 0.868. The van der Waals surface area contributed by atoms with E-state index in [2.05, 4.69) is 154 Å². The molecule has 5 heteroatoms. The van der Waals surface area contributed by atoms with Crippen molar-refractivity contribution in [3.8, 4) is 39.5 Å². The van der Waals surface area contributed by atoms with Gasteiger partial charge in [0.15, 0.2) is 16.6 Å². The number of benzene rings is 6. The standard InChI is InChI=1S/C41H29N4O/c1-26-11-21-34-33-22-18-29-7-3-4-8-32(29)39(33)46-40(34)38(26)41-44(2)36-9-5-6-10-37(36)45(41)31-19-16-28(17-20-31)27-12-14-30(15-13-27)35-25-42-23-24-43-35/h3-25H,1-2H3/q+1. The molecular weight excluding hydrogens is 564 g/mol. The maximum atomic E-state index is 6.86. The second-order valence-corrected chi connectivity index (χ2v) is 11.8. The van der Waals surface area contributed by atoms with E-state index < -0.39 is 0 Å². The molecule has 9 rings (SSSR count). The van der Waals surface area contributed by atoms with Crippen LogP contribution in [0.5, 0.6) is 0 Å². The first-order valence-electron chi connectivity index (χ1n) is 15.5. The van der Waals surface area contributed by atoms with Crippen molar-refractivity contribution in [2.75, 3.05) is 0 Å². The number of aryl methyl sites for hydroxylation is 2. The van der Waals surface area contributed by atoms with Crippen molar-refractivity contribution in [1.29, 1.82) is 0 Å². The van der Waals surface area contributed by atoms with E-state index in [0.29, 0.717) is 0 Å². The molecule has 46 heavy (non-hydrogen) atoms. The number of nitrogens with zero attached hydrogens (tertiary/aromatic N) is 4. The summed E-state index contributed by atoms with van der Waals surface area (Å²) in [5.74, 6) is 1.08. The molecule has 0 spiro atoms. The SMILES string of the molecule is Cc1ccc2c(oc3c4ccccc4ccc23)c1-c1n(-c2ccc(-c3ccc(-c4cnccn4)cc3)cc2)c2ccccc2[n+]1C. The van der Waals surface area contributed by atoms with Gasteiger partial charge in [0.2, 0.25) is 0 Å². The molecule has 0 radical (unpaired) electrons. The van der Waals surface area contributed by atoms with E-state index in [9.17, 15) is 0 Å². The molecule has 218 valence electrons. The molecule has 3 heterocycles. The Balaban J connectivity index is 1.22. The van der Waals surface area contributed by atoms with E-state index in [-0.39, 0.29) is 0 Å². The monoisotopic (exact) mass is 593 g/mol. The van der Waals surface area contributed by atoms with E-state index in [1.807, 2.05) is 0 Å². The predicted molar refractivity (Wildman–Crippen MR) is 186 cm³/mol. The van der Waals surface area contributed by atoms with Crippen molar-refractivity contribution in [1.82, 2.24) is 14.5 Å². The Morgan fingerprint density at radius 1 is 0.630 bits per heavy atom. The largest absolute Gasteiger partial charge is 0.454 e. The minimum Gasteiger partial charge on any atom is -0.454 e. The van der Waals surface area contributed by atoms with Crippen molar-refractivity contribution in [3.05, 3.63) is 145 Å². The Labute approximate surface area is 265 Å². The molecule has 0 aliphatic heterocycles. The van der Waals surface area contributed by atoms with E-state index in [1.54, 1.807) is 18.6 Å². The molecule has 0 fully saturated rings. The number of rotatable bonds is 4. The number of fused-ring (bicyclic) bond motifs is 6. The summed E-state index contributed by atoms with van der Waals surface area (Å²) in [4.78, 5) is 8.64. The van der Waals surface area contributed by atoms with Gasteiger partial charge in [-0.15, -0.1) is 0 Å². The molecule has 0 aliphatic carbocycles. The molecule has 3 aromatic heterocycles. The third-order valence-electron chi connectivity index (χ3n) is 9.18. The Hall–Kier alpha value is -6.07. The highest BCUT2D eigenvalue weighted by atomic mass is 16.3. The fraction of sp³-hybridized carbons (Fsp3) is 0.0488. The van der Waals surface area contributed by atoms with Crippen LogP contribution >= 0.6 is 0 Å². The molecule has 9 aromatic rings. The van der Waals surface area contributed by atoms with Crippen LogP contribution in [-0.4, -0.2) is 14.5 Å². The van der Waals surface area contributed by atoms with E-state index in [0.717, 1.165) is 83.4 Å². The van der Waals surface area contributed by atoms with Gasteiger partial charge in [0.05, 0.1) is 18.9 Å². The van der Waals surface area contributed by atoms with E-state index in [4.69, 9.17) is 4.42 Å². The Kier molecular flexibility index (Phi) is 5.87. The van der Waals surface area contributed by atoms with Gasteiger partial charge in [0.25, 0.3) is 5.82 Å². The van der Waals surface area contributed by atoms with Crippen molar-refractivity contribution >= 4 is 43.7 Å². The summed E-state index contributed by atoms with van der Waals surface area (Å²) in [6.45, 7) is 2.18. The molecule has 0 aliphatic rings. The zero-order chi connectivity index (χ0) is 30.8. The van der Waals surface area contributed by atoms with Crippen LogP contribution in [0.3, 0.4) is 0 Å². The zero-order valence-corrected chi connectivity index (χ0v) is 25.5. The Morgan fingerprint density at radius 3 is 2.13 bits per heavy atom. The van der Waals surface area contributed by atoms with Crippen LogP contribution in [0.25, 0.3) is 83.2 Å². The summed E-state index contributed by atoms with van der Waals surface area (Å²) in [6, 6.07) is 43.1. The fourth-order valence-corrected chi connectivity index (χ4v) is 6.88. The molecule has 0 atom stereocenters. The highest BCUT2D eigenvalue weighted by molar-refractivity contribution is 6.17. The predicted octanol–water partition coefficient (Wildman–Crippen LogP) is 9.61. The quantitative estimate of drug-likeness (QED) is 0.191. The molecule has 0 amide bonds. The molecule has 6 aromatic carbocycles. The zero-order valence-electron chi connectivity index (χ0n) is 25.5. The van der Waals surface area contributed by atoms with Gasteiger partial charge in [0, 0.05) is 34.1 Å². The lowest BCUT2D eigenvalue weighted by molar-refractivity contribution is -0.633. The fourth-order valence-electron chi connectivity index (χ4n) is 6.88. The van der Waals surface area contributed by atoms with Gasteiger partial charge < -0.3 is 4.42 Å². The first kappa shape index (κ1) is 26.3. The highest BCUT2D eigenvalue weighted by Crippen LogP contribution is 2.41. The highest BCUT2D eigenvalue weighted by Gasteiger charge is 2.30. The summed E-state index contributed by atoms with van der Waals surface area (Å²) in [7, 11) is 2.15. The van der Waals surface area contributed by atoms with Gasteiger partial charge in [-0.1, -0.05) is 91.0 Å². The molecule has 0 N–H and O–H groups in total. The van der Waals surface area contributed by atoms with Crippen molar-refractivity contribution in [2.45, 2.75) is 6.92 Å². The molecule has 5 nitrogen and oxygen atoms in total. The lowest BCUT2D eigenvalue weighted by atomic mass is 10.0. The summed E-state index contributed by atoms with van der Waals surface area (Å²) in [5.41, 5.74) is 11.7. The Morgan fingerprint density at radius 2 is 1.33 bits per heavy atom. The van der Waals surface area contributed by atoms with Crippen molar-refractivity contribution in [3.63, 3.8) is 0 Å². The smallest absolute Gasteiger partial charge is 0.298 e. The second-order valence-electron chi connectivity index (χ2n) is 11.8. The van der Waals surface area contributed by atoms with E-state index in [1.165, 1.54) is 5.39 Å². The maximum Gasteiger partial charge on any atom is 0.298 e. The number of hydrogen-bond donors (Lipinski definition) is 0. The molecular formula is C41H29N4O+. The molecule has 0 saturated carbocycles. The van der Waals surface area contributed by atoms with Gasteiger partial charge in [-0.05, 0) is 59.3 Å². The normalized spacial score (nSPS) is 11.7. The number of aromatic nitrogens is 4. The van der Waals surface area contributed by atoms with Crippen LogP contribution in [0.4, 0.5) is 0 Å². The van der Waals surface area contributed by atoms with Crippen LogP contribution in [0.2, 0.25) is 0 Å². The lowest BCUT2D eigenvalue weighted by Crippen LogP contribution is -2.30. The third kappa shape index (κ3) is 3.99. The van der Waals surface area contributed by atoms with Crippen LogP contribution in [0.1, 0.15) is 5.56 Å². The van der Waals surface area contributed by atoms with Gasteiger partial charge in [-0.3, -0.25) is 9.97 Å². The Bertz CT molecular complexity index is 2580. The average molecular weight is 594 g/mol. The second kappa shape index (κ2) is 10.2. The topological polar surface area (TPSA) is 47.7 Å². The van der Waals surface area contributed by atoms with E-state index >= 15 is 0 Å². The minimum atomic E-state index is 0.868. The van der Waals surface area contributed by atoms with Crippen LogP contribution < -0.4 is 4.57 Å². The maximum absolute atomic E-state index is 6.86. The average Bonchev–Trinajstić information content (AvgIpc) is 3.64. The number of hydrogen-bond acceptors (Lipinski definition) is 3. The number of para-hydroxylation sites is 2. The number of imidazole rings is 1. The summed E-state index contributed by atoms with van der Waals surface area (Å²) >= 11 is 0. The first-order valence-corrected chi connectivity index (χ1v) is 15.5. The number of furan rings is 1. The van der Waals surface area contributed by atoms with Crippen LogP contribution in [0, 0.1) is 6.92 Å². The van der Waals surface area contributed by atoms with Crippen molar-refractivity contribution < 1.29 is 8.98 Å². The summed E-state index contributed by atoms with van der Waals surface area (Å²) < 4.78 is 11.5. The van der Waals surface area contributed by atoms with Gasteiger partial charge in [-0.2, -0.15) is 4.57 Å². The summed E-state index contributed by atoms with van der Waals surface area (Å²) in [6.07, 6.45) is 5.21. The van der Waals surface area contributed by atoms with Crippen LogP contribution in [-0.2, 0) is 7.05 Å². The lowest BCUT2D eigenvalue weighted by Gasteiger charge is -2.09. The first-order chi connectivity index (χ1) is 22.7. The van der Waals surface area contributed by atoms with Gasteiger partial charge in [0.1, 0.15) is 16.8 Å². The summed E-state index contributed by atoms with van der Waals surface area (Å²) in [5, 5.41) is 4.56. The van der Waals surface area contributed by atoms with Gasteiger partial charge >= 0.3 is 0 Å². The molecule has 0 bridgehead atoms. The molecule has 0 saturated heterocycles. The third-order valence-corrected chi connectivity index (χ3v) is 9.18. The van der Waals surface area contributed by atoms with Crippen LogP contribution in [0.15, 0.2) is 144 Å². The van der Waals surface area contributed by atoms with Gasteiger partial charge in [-0.25, -0.2) is 4.57 Å². The molecule has 0 unspecified atom stereocenters. The van der Waals surface area contributed by atoms with Crippen molar-refractivity contribution in [2.24, 2.45) is 7.05 Å².